The first-order valence-electron chi connectivity index (χ1n) is 7.78. The van der Waals surface area contributed by atoms with Crippen LogP contribution in [0.25, 0.3) is 0 Å². The molecule has 0 aliphatic carbocycles. The minimum atomic E-state index is 0.518. The lowest BCUT2D eigenvalue weighted by Crippen LogP contribution is -2.32. The maximum atomic E-state index is 5.86. The van der Waals surface area contributed by atoms with Crippen molar-refractivity contribution >= 4 is 5.96 Å². The Kier molecular flexibility index (Phi) is 6.01. The minimum Gasteiger partial charge on any atom is -0.370 e. The highest BCUT2D eigenvalue weighted by molar-refractivity contribution is 5.77. The van der Waals surface area contributed by atoms with E-state index < -0.39 is 0 Å². The lowest BCUT2D eigenvalue weighted by atomic mass is 10.1. The topological polar surface area (TPSA) is 68.2 Å². The molecule has 0 aliphatic heterocycles. The Bertz CT molecular complexity index is 615. The van der Waals surface area contributed by atoms with Gasteiger partial charge in [-0.3, -0.25) is 0 Å². The van der Waals surface area contributed by atoms with Crippen molar-refractivity contribution in [1.82, 2.24) is 14.9 Å². The number of aryl methyl sites for hydroxylation is 1. The second-order valence-electron chi connectivity index (χ2n) is 5.40. The van der Waals surface area contributed by atoms with Crippen molar-refractivity contribution < 1.29 is 0 Å². The molecule has 2 rings (SSSR count). The molecule has 0 unspecified atom stereocenters. The Balaban J connectivity index is 1.94. The molecule has 1 heterocycles. The van der Waals surface area contributed by atoms with Gasteiger partial charge in [0.15, 0.2) is 5.96 Å². The van der Waals surface area contributed by atoms with Gasteiger partial charge in [-0.15, -0.1) is 0 Å². The number of guanidine groups is 1. The van der Waals surface area contributed by atoms with E-state index in [0.717, 1.165) is 37.3 Å². The number of rotatable bonds is 7. The molecule has 3 N–H and O–H groups in total. The van der Waals surface area contributed by atoms with Crippen LogP contribution in [0, 0.1) is 6.92 Å². The van der Waals surface area contributed by atoms with E-state index in [1.807, 2.05) is 19.3 Å². The molecule has 0 bridgehead atoms. The number of hydrogen-bond donors (Lipinski definition) is 2. The van der Waals surface area contributed by atoms with Crippen molar-refractivity contribution in [1.29, 1.82) is 0 Å². The fraction of sp³-hybridized carbons (Fsp3) is 0.412. The highest BCUT2D eigenvalue weighted by atomic mass is 15.1. The van der Waals surface area contributed by atoms with Crippen molar-refractivity contribution in [2.75, 3.05) is 6.54 Å². The molecule has 5 heteroatoms. The summed E-state index contributed by atoms with van der Waals surface area (Å²) >= 11 is 0. The maximum absolute atomic E-state index is 5.86. The van der Waals surface area contributed by atoms with E-state index in [-0.39, 0.29) is 0 Å². The van der Waals surface area contributed by atoms with Gasteiger partial charge in [0, 0.05) is 25.5 Å². The normalized spacial score (nSPS) is 11.6. The number of nitrogens with one attached hydrogen (secondary N) is 1. The number of imidazole rings is 1. The Morgan fingerprint density at radius 1 is 1.36 bits per heavy atom. The number of nitrogens with two attached hydrogens (primary N) is 1. The number of unbranched alkanes of at least 4 members (excludes halogenated alkanes) is 1. The van der Waals surface area contributed by atoms with E-state index in [1.165, 1.54) is 5.56 Å². The van der Waals surface area contributed by atoms with Gasteiger partial charge < -0.3 is 15.6 Å². The zero-order valence-corrected chi connectivity index (χ0v) is 13.4. The molecule has 0 saturated heterocycles. The van der Waals surface area contributed by atoms with Gasteiger partial charge in [0.1, 0.15) is 5.82 Å². The van der Waals surface area contributed by atoms with Crippen LogP contribution in [0.15, 0.2) is 41.7 Å². The van der Waals surface area contributed by atoms with E-state index in [4.69, 9.17) is 5.73 Å². The molecule has 1 aromatic heterocycles. The Hall–Kier alpha value is -2.30. The molecule has 0 atom stereocenters. The molecular formula is C17H25N5. The average molecular weight is 299 g/mol. The molecular weight excluding hydrogens is 274 g/mol. The van der Waals surface area contributed by atoms with Crippen LogP contribution in [0.1, 0.15) is 36.7 Å². The van der Waals surface area contributed by atoms with Gasteiger partial charge >= 0.3 is 0 Å². The summed E-state index contributed by atoms with van der Waals surface area (Å²) in [5, 5.41) is 3.13. The lowest BCUT2D eigenvalue weighted by Gasteiger charge is -2.07. The third-order valence-corrected chi connectivity index (χ3v) is 3.54. The highest BCUT2D eigenvalue weighted by Crippen LogP contribution is 2.09. The van der Waals surface area contributed by atoms with Gasteiger partial charge in [-0.1, -0.05) is 37.6 Å². The first-order chi connectivity index (χ1) is 10.7. The second-order valence-corrected chi connectivity index (χ2v) is 5.40. The zero-order chi connectivity index (χ0) is 15.8. The molecule has 0 amide bonds. The van der Waals surface area contributed by atoms with Crippen LogP contribution < -0.4 is 11.1 Å². The monoisotopic (exact) mass is 299 g/mol. The first-order valence-corrected chi connectivity index (χ1v) is 7.78. The summed E-state index contributed by atoms with van der Waals surface area (Å²) in [5.74, 6) is 1.54. The van der Waals surface area contributed by atoms with Crippen LogP contribution in [-0.4, -0.2) is 22.1 Å². The quantitative estimate of drug-likeness (QED) is 0.469. The van der Waals surface area contributed by atoms with E-state index in [2.05, 4.69) is 51.0 Å². The fourth-order valence-corrected chi connectivity index (χ4v) is 2.22. The van der Waals surface area contributed by atoms with Gasteiger partial charge in [0.05, 0.1) is 6.54 Å². The number of aliphatic imine (C=N–C) groups is 1. The molecule has 0 fully saturated rings. The standard InChI is InChI=1S/C17H25N5/c1-3-4-8-20-17(18)21-12-15-6-5-7-16(11-15)13-22-10-9-19-14(22)2/h5-7,9-11H,3-4,8,12-13H2,1-2H3,(H3,18,20,21). The van der Waals surface area contributed by atoms with Crippen LogP contribution in [0.3, 0.4) is 0 Å². The maximum Gasteiger partial charge on any atom is 0.188 e. The first kappa shape index (κ1) is 16.1. The minimum absolute atomic E-state index is 0.518. The third kappa shape index (κ3) is 4.91. The number of nitrogens with zero attached hydrogens (tertiary/aromatic N) is 3. The van der Waals surface area contributed by atoms with Crippen molar-refractivity contribution in [3.05, 3.63) is 53.6 Å². The summed E-state index contributed by atoms with van der Waals surface area (Å²) in [7, 11) is 0. The smallest absolute Gasteiger partial charge is 0.188 e. The molecule has 22 heavy (non-hydrogen) atoms. The summed E-state index contributed by atoms with van der Waals surface area (Å²) in [6, 6.07) is 8.43. The summed E-state index contributed by atoms with van der Waals surface area (Å²) < 4.78 is 2.13. The van der Waals surface area contributed by atoms with E-state index in [9.17, 15) is 0 Å². The largest absolute Gasteiger partial charge is 0.370 e. The van der Waals surface area contributed by atoms with E-state index in [0.29, 0.717) is 12.5 Å². The van der Waals surface area contributed by atoms with Gasteiger partial charge in [-0.05, 0) is 24.5 Å². The SMILES string of the molecule is CCCCNC(N)=NCc1cccc(Cn2ccnc2C)c1. The Morgan fingerprint density at radius 2 is 2.18 bits per heavy atom. The van der Waals surface area contributed by atoms with E-state index >= 15 is 0 Å². The molecule has 0 spiro atoms. The molecule has 0 saturated carbocycles. The van der Waals surface area contributed by atoms with Crippen LogP contribution >= 0.6 is 0 Å². The van der Waals surface area contributed by atoms with Gasteiger partial charge in [-0.25, -0.2) is 9.98 Å². The predicted octanol–water partition coefficient (Wildman–Crippen LogP) is 2.44. The molecule has 0 aliphatic rings. The molecule has 0 radical (unpaired) electrons. The van der Waals surface area contributed by atoms with Crippen molar-refractivity contribution in [2.24, 2.45) is 10.7 Å². The lowest BCUT2D eigenvalue weighted by molar-refractivity contribution is 0.747. The highest BCUT2D eigenvalue weighted by Gasteiger charge is 2.00. The van der Waals surface area contributed by atoms with Crippen molar-refractivity contribution in [3.63, 3.8) is 0 Å². The third-order valence-electron chi connectivity index (χ3n) is 3.54. The summed E-state index contributed by atoms with van der Waals surface area (Å²) in [6.45, 7) is 6.47. The van der Waals surface area contributed by atoms with Crippen LogP contribution in [-0.2, 0) is 13.1 Å². The Morgan fingerprint density at radius 3 is 2.91 bits per heavy atom. The summed E-state index contributed by atoms with van der Waals surface area (Å²) in [5.41, 5.74) is 8.26. The van der Waals surface area contributed by atoms with Gasteiger partial charge in [0.2, 0.25) is 0 Å². The van der Waals surface area contributed by atoms with Crippen LogP contribution in [0.4, 0.5) is 0 Å². The Labute approximate surface area is 132 Å². The van der Waals surface area contributed by atoms with Crippen molar-refractivity contribution in [2.45, 2.75) is 39.8 Å². The predicted molar refractivity (Wildman–Crippen MR) is 90.7 cm³/mol. The number of benzene rings is 1. The van der Waals surface area contributed by atoms with Crippen LogP contribution in [0.2, 0.25) is 0 Å². The zero-order valence-electron chi connectivity index (χ0n) is 13.4. The second kappa shape index (κ2) is 8.22. The summed E-state index contributed by atoms with van der Waals surface area (Å²) in [6.07, 6.45) is 6.08. The van der Waals surface area contributed by atoms with Gasteiger partial charge in [0.25, 0.3) is 0 Å². The number of hydrogen-bond acceptors (Lipinski definition) is 2. The van der Waals surface area contributed by atoms with E-state index in [1.54, 1.807) is 0 Å². The summed E-state index contributed by atoms with van der Waals surface area (Å²) in [4.78, 5) is 8.63. The molecule has 1 aromatic carbocycles. The van der Waals surface area contributed by atoms with Crippen molar-refractivity contribution in [3.8, 4) is 0 Å². The molecule has 118 valence electrons. The van der Waals surface area contributed by atoms with Gasteiger partial charge in [-0.2, -0.15) is 0 Å². The average Bonchev–Trinajstić information content (AvgIpc) is 2.91. The van der Waals surface area contributed by atoms with Crippen LogP contribution in [0.5, 0.6) is 0 Å². The molecule has 2 aromatic rings. The fourth-order valence-electron chi connectivity index (χ4n) is 2.22. The molecule has 5 nitrogen and oxygen atoms in total. The number of aromatic nitrogens is 2.